The van der Waals surface area contributed by atoms with E-state index in [1.54, 1.807) is 6.07 Å². The van der Waals surface area contributed by atoms with Crippen LogP contribution in [0.4, 0.5) is 5.69 Å². The van der Waals surface area contributed by atoms with Crippen LogP contribution in [-0.2, 0) is 6.54 Å². The number of aryl methyl sites for hydroxylation is 1. The molecule has 0 bridgehead atoms. The van der Waals surface area contributed by atoms with Crippen LogP contribution in [0, 0.1) is 13.8 Å². The Labute approximate surface area is 152 Å². The van der Waals surface area contributed by atoms with Crippen molar-refractivity contribution in [3.05, 3.63) is 45.2 Å². The molecule has 4 nitrogen and oxygen atoms in total. The van der Waals surface area contributed by atoms with Gasteiger partial charge in [0.25, 0.3) is 0 Å². The summed E-state index contributed by atoms with van der Waals surface area (Å²) in [6.07, 6.45) is 0. The van der Waals surface area contributed by atoms with Gasteiger partial charge in [-0.3, -0.25) is 4.68 Å². The fourth-order valence-electron chi connectivity index (χ4n) is 2.25. The Kier molecular flexibility index (Phi) is 5.89. The lowest BCUT2D eigenvalue weighted by atomic mass is 10.2. The second-order valence-corrected chi connectivity index (χ2v) is 6.93. The third-order valence-electron chi connectivity index (χ3n) is 3.36. The molecule has 0 aliphatic rings. The second-order valence-electron chi connectivity index (χ2n) is 5.71. The molecular formula is C16H20Cl2N4S. The van der Waals surface area contributed by atoms with Crippen molar-refractivity contribution in [2.24, 2.45) is 0 Å². The molecule has 23 heavy (non-hydrogen) atoms. The number of hydrogen-bond donors (Lipinski definition) is 2. The van der Waals surface area contributed by atoms with E-state index in [0.717, 1.165) is 22.6 Å². The van der Waals surface area contributed by atoms with Gasteiger partial charge in [-0.2, -0.15) is 5.10 Å². The highest BCUT2D eigenvalue weighted by molar-refractivity contribution is 7.80. The fraction of sp³-hybridized carbons (Fsp3) is 0.375. The highest BCUT2D eigenvalue weighted by Crippen LogP contribution is 2.25. The number of halogens is 2. The summed E-state index contributed by atoms with van der Waals surface area (Å²) in [5, 5.41) is 12.7. The summed E-state index contributed by atoms with van der Waals surface area (Å²) < 4.78 is 1.93. The van der Waals surface area contributed by atoms with Gasteiger partial charge in [-0.15, -0.1) is 0 Å². The Morgan fingerprint density at radius 3 is 2.57 bits per heavy atom. The van der Waals surface area contributed by atoms with Crippen LogP contribution in [0.5, 0.6) is 0 Å². The molecule has 7 heteroatoms. The molecule has 0 amide bonds. The van der Waals surface area contributed by atoms with Crippen LogP contribution in [0.15, 0.2) is 18.2 Å². The third kappa shape index (κ3) is 4.59. The van der Waals surface area contributed by atoms with E-state index >= 15 is 0 Å². The summed E-state index contributed by atoms with van der Waals surface area (Å²) in [6.45, 7) is 8.68. The number of thiocarbonyl (C=S) groups is 1. The predicted octanol–water partition coefficient (Wildman–Crippen LogP) is 4.55. The number of benzene rings is 1. The lowest BCUT2D eigenvalue weighted by molar-refractivity contribution is 0.659. The standard InChI is InChI=1S/C16H20Cl2N4S/c1-9(2)19-16(23)20-15-10(3)21-22(11(15)4)8-12-5-6-13(17)14(18)7-12/h5-7,9H,8H2,1-4H3,(H2,19,20,23). The first-order valence-electron chi connectivity index (χ1n) is 7.33. The molecule has 0 spiro atoms. The van der Waals surface area contributed by atoms with Crippen LogP contribution in [0.1, 0.15) is 30.8 Å². The molecule has 1 aromatic heterocycles. The number of anilines is 1. The normalized spacial score (nSPS) is 10.9. The van der Waals surface area contributed by atoms with E-state index in [0.29, 0.717) is 21.7 Å². The van der Waals surface area contributed by atoms with Crippen molar-refractivity contribution < 1.29 is 0 Å². The van der Waals surface area contributed by atoms with Gasteiger partial charge in [0.2, 0.25) is 0 Å². The molecule has 0 unspecified atom stereocenters. The van der Waals surface area contributed by atoms with Gasteiger partial charge in [0.1, 0.15) is 0 Å². The van der Waals surface area contributed by atoms with Crippen molar-refractivity contribution in [2.45, 2.75) is 40.3 Å². The highest BCUT2D eigenvalue weighted by Gasteiger charge is 2.13. The first-order chi connectivity index (χ1) is 10.8. The van der Waals surface area contributed by atoms with Gasteiger partial charge in [-0.1, -0.05) is 29.3 Å². The summed E-state index contributed by atoms with van der Waals surface area (Å²) in [4.78, 5) is 0. The molecular weight excluding hydrogens is 351 g/mol. The third-order valence-corrected chi connectivity index (χ3v) is 4.32. The zero-order chi connectivity index (χ0) is 17.1. The zero-order valence-electron chi connectivity index (χ0n) is 13.6. The first-order valence-corrected chi connectivity index (χ1v) is 8.49. The lowest BCUT2D eigenvalue weighted by Gasteiger charge is -2.13. The van der Waals surface area contributed by atoms with E-state index in [-0.39, 0.29) is 6.04 Å². The van der Waals surface area contributed by atoms with E-state index in [2.05, 4.69) is 15.7 Å². The van der Waals surface area contributed by atoms with Crippen LogP contribution >= 0.6 is 35.4 Å². The van der Waals surface area contributed by atoms with Gasteiger partial charge in [0.05, 0.1) is 33.7 Å². The van der Waals surface area contributed by atoms with Crippen molar-refractivity contribution in [1.82, 2.24) is 15.1 Å². The maximum absolute atomic E-state index is 6.07. The Morgan fingerprint density at radius 1 is 1.26 bits per heavy atom. The quantitative estimate of drug-likeness (QED) is 0.774. The molecule has 0 saturated heterocycles. The van der Waals surface area contributed by atoms with Crippen LogP contribution in [0.2, 0.25) is 10.0 Å². The smallest absolute Gasteiger partial charge is 0.171 e. The number of rotatable bonds is 4. The highest BCUT2D eigenvalue weighted by atomic mass is 35.5. The second kappa shape index (κ2) is 7.51. The topological polar surface area (TPSA) is 41.9 Å². The average Bonchev–Trinajstić information content (AvgIpc) is 2.70. The monoisotopic (exact) mass is 370 g/mol. The molecule has 0 aliphatic heterocycles. The maximum atomic E-state index is 6.07. The van der Waals surface area contributed by atoms with Crippen molar-refractivity contribution >= 4 is 46.2 Å². The molecule has 124 valence electrons. The van der Waals surface area contributed by atoms with E-state index in [1.165, 1.54) is 0 Å². The van der Waals surface area contributed by atoms with Gasteiger partial charge < -0.3 is 10.6 Å². The van der Waals surface area contributed by atoms with Crippen LogP contribution in [-0.4, -0.2) is 20.9 Å². The number of aromatic nitrogens is 2. The minimum atomic E-state index is 0.280. The zero-order valence-corrected chi connectivity index (χ0v) is 15.9. The summed E-state index contributed by atoms with van der Waals surface area (Å²) in [5.74, 6) is 0. The molecule has 2 aromatic rings. The largest absolute Gasteiger partial charge is 0.360 e. The summed E-state index contributed by atoms with van der Waals surface area (Å²) in [7, 11) is 0. The summed E-state index contributed by atoms with van der Waals surface area (Å²) in [5.41, 5.74) is 3.89. The minimum Gasteiger partial charge on any atom is -0.360 e. The fourth-order valence-corrected chi connectivity index (χ4v) is 2.91. The SMILES string of the molecule is Cc1nn(Cc2ccc(Cl)c(Cl)c2)c(C)c1NC(=S)NC(C)C. The first kappa shape index (κ1) is 18.0. The molecule has 0 fully saturated rings. The maximum Gasteiger partial charge on any atom is 0.171 e. The average molecular weight is 371 g/mol. The molecule has 0 aliphatic carbocycles. The molecule has 1 aromatic carbocycles. The Bertz CT molecular complexity index is 725. The van der Waals surface area contributed by atoms with Gasteiger partial charge in [0.15, 0.2) is 5.11 Å². The minimum absolute atomic E-state index is 0.280. The molecule has 0 saturated carbocycles. The van der Waals surface area contributed by atoms with Crippen molar-refractivity contribution in [3.8, 4) is 0 Å². The van der Waals surface area contributed by atoms with E-state index in [1.807, 2.05) is 44.5 Å². The number of nitrogens with zero attached hydrogens (tertiary/aromatic N) is 2. The van der Waals surface area contributed by atoms with Gasteiger partial charge in [0, 0.05) is 6.04 Å². The number of nitrogens with one attached hydrogen (secondary N) is 2. The van der Waals surface area contributed by atoms with Crippen LogP contribution < -0.4 is 10.6 Å². The van der Waals surface area contributed by atoms with E-state index in [9.17, 15) is 0 Å². The van der Waals surface area contributed by atoms with Crippen molar-refractivity contribution in [2.75, 3.05) is 5.32 Å². The van der Waals surface area contributed by atoms with Crippen LogP contribution in [0.25, 0.3) is 0 Å². The molecule has 2 N–H and O–H groups in total. The van der Waals surface area contributed by atoms with Crippen LogP contribution in [0.3, 0.4) is 0 Å². The molecule has 2 rings (SSSR count). The Hall–Kier alpha value is -1.30. The van der Waals surface area contributed by atoms with Crippen molar-refractivity contribution in [1.29, 1.82) is 0 Å². The summed E-state index contributed by atoms with van der Waals surface area (Å²) in [6, 6.07) is 5.88. The molecule has 1 heterocycles. The van der Waals surface area contributed by atoms with Gasteiger partial charge in [-0.25, -0.2) is 0 Å². The van der Waals surface area contributed by atoms with Crippen molar-refractivity contribution in [3.63, 3.8) is 0 Å². The van der Waals surface area contributed by atoms with Gasteiger partial charge in [-0.05, 0) is 57.6 Å². The predicted molar refractivity (Wildman–Crippen MR) is 102 cm³/mol. The van der Waals surface area contributed by atoms with E-state index in [4.69, 9.17) is 35.4 Å². The number of hydrogen-bond acceptors (Lipinski definition) is 2. The molecule has 0 radical (unpaired) electrons. The Morgan fingerprint density at radius 2 is 1.96 bits per heavy atom. The van der Waals surface area contributed by atoms with Gasteiger partial charge >= 0.3 is 0 Å². The Balaban J connectivity index is 2.19. The van der Waals surface area contributed by atoms with E-state index < -0.39 is 0 Å². The summed E-state index contributed by atoms with van der Waals surface area (Å²) >= 11 is 17.3. The lowest BCUT2D eigenvalue weighted by Crippen LogP contribution is -2.34. The molecule has 0 atom stereocenters.